The molecule has 13 heavy (non-hydrogen) atoms. The lowest BCUT2D eigenvalue weighted by Crippen LogP contribution is -1.81. The molecule has 0 atom stereocenters. The van der Waals surface area contributed by atoms with E-state index in [4.69, 9.17) is 11.6 Å². The van der Waals surface area contributed by atoms with Crippen LogP contribution in [0.1, 0.15) is 18.1 Å². The number of benzene rings is 1. The molecule has 0 aliphatic carbocycles. The van der Waals surface area contributed by atoms with Gasteiger partial charge in [0, 0.05) is 0 Å². The van der Waals surface area contributed by atoms with Crippen LogP contribution in [0.3, 0.4) is 0 Å². The maximum Gasteiger partial charge on any atom is 0.0751 e. The van der Waals surface area contributed by atoms with E-state index >= 15 is 0 Å². The highest BCUT2D eigenvalue weighted by atomic mass is 127. The van der Waals surface area contributed by atoms with Gasteiger partial charge in [-0.2, -0.15) is 0 Å². The van der Waals surface area contributed by atoms with E-state index in [0.29, 0.717) is 0 Å². The molecule has 0 aliphatic rings. The SMILES string of the molecule is CCc1ccc(C(Cl)=C(Br)I)cc1. The summed E-state index contributed by atoms with van der Waals surface area (Å²) >= 11 is 11.6. The minimum absolute atomic E-state index is 0.767. The predicted molar refractivity (Wildman–Crippen MR) is 71.5 cm³/mol. The van der Waals surface area contributed by atoms with Crippen LogP contribution in [-0.4, -0.2) is 0 Å². The van der Waals surface area contributed by atoms with Crippen LogP contribution in [0.15, 0.2) is 26.8 Å². The molecule has 0 unspecified atom stereocenters. The lowest BCUT2D eigenvalue weighted by molar-refractivity contribution is 1.14. The zero-order chi connectivity index (χ0) is 9.84. The second-order valence-corrected chi connectivity index (χ2v) is 6.36. The average Bonchev–Trinajstić information content (AvgIpc) is 2.17. The van der Waals surface area contributed by atoms with Gasteiger partial charge in [-0.25, -0.2) is 0 Å². The first-order valence-corrected chi connectivity index (χ1v) is 6.20. The van der Waals surface area contributed by atoms with E-state index in [-0.39, 0.29) is 0 Å². The van der Waals surface area contributed by atoms with E-state index in [1.807, 2.05) is 12.1 Å². The molecule has 0 aliphatic heterocycles. The van der Waals surface area contributed by atoms with Crippen molar-refractivity contribution in [1.29, 1.82) is 0 Å². The van der Waals surface area contributed by atoms with Crippen molar-refractivity contribution in [2.24, 2.45) is 0 Å². The van der Waals surface area contributed by atoms with Gasteiger partial charge in [0.05, 0.1) is 7.52 Å². The first kappa shape index (κ1) is 11.5. The lowest BCUT2D eigenvalue weighted by atomic mass is 10.1. The van der Waals surface area contributed by atoms with Crippen molar-refractivity contribution in [3.63, 3.8) is 0 Å². The van der Waals surface area contributed by atoms with Crippen molar-refractivity contribution in [1.82, 2.24) is 0 Å². The molecule has 0 aromatic heterocycles. The maximum atomic E-state index is 6.06. The van der Waals surface area contributed by atoms with Crippen LogP contribution in [0.4, 0.5) is 0 Å². The van der Waals surface area contributed by atoms with Crippen LogP contribution in [0, 0.1) is 0 Å². The van der Waals surface area contributed by atoms with E-state index in [2.05, 4.69) is 57.6 Å². The molecule has 1 aromatic rings. The number of hydrogen-bond donors (Lipinski definition) is 0. The van der Waals surface area contributed by atoms with Gasteiger partial charge in [-0.3, -0.25) is 0 Å². The van der Waals surface area contributed by atoms with Crippen LogP contribution in [0.25, 0.3) is 5.03 Å². The zero-order valence-electron chi connectivity index (χ0n) is 7.15. The van der Waals surface area contributed by atoms with Crippen LogP contribution in [-0.2, 0) is 6.42 Å². The third-order valence-corrected chi connectivity index (χ3v) is 3.67. The molecule has 0 spiro atoms. The van der Waals surface area contributed by atoms with Crippen molar-refractivity contribution in [2.45, 2.75) is 13.3 Å². The summed E-state index contributed by atoms with van der Waals surface area (Å²) in [7, 11) is 0. The number of aryl methyl sites for hydroxylation is 1. The van der Waals surface area contributed by atoms with Gasteiger partial charge in [0.15, 0.2) is 0 Å². The van der Waals surface area contributed by atoms with E-state index in [9.17, 15) is 0 Å². The first-order valence-electron chi connectivity index (χ1n) is 3.95. The normalized spacial score (nSPS) is 12.6. The molecule has 0 heterocycles. The summed E-state index contributed by atoms with van der Waals surface area (Å²) < 4.78 is 0.941. The van der Waals surface area contributed by atoms with Crippen LogP contribution >= 0.6 is 50.1 Å². The third-order valence-electron chi connectivity index (χ3n) is 1.78. The summed E-state index contributed by atoms with van der Waals surface area (Å²) in [5.74, 6) is 0. The minimum atomic E-state index is 0.767. The zero-order valence-corrected chi connectivity index (χ0v) is 11.6. The van der Waals surface area contributed by atoms with Gasteiger partial charge in [0.2, 0.25) is 0 Å². The summed E-state index contributed by atoms with van der Waals surface area (Å²) in [6.45, 7) is 2.14. The lowest BCUT2D eigenvalue weighted by Gasteiger charge is -2.01. The Morgan fingerprint density at radius 1 is 1.38 bits per heavy atom. The molecular formula is C10H9BrClI. The van der Waals surface area contributed by atoms with Crippen molar-refractivity contribution in [3.8, 4) is 0 Å². The Kier molecular flexibility index (Phi) is 4.76. The number of rotatable bonds is 2. The van der Waals surface area contributed by atoms with E-state index in [0.717, 1.165) is 19.5 Å². The van der Waals surface area contributed by atoms with Crippen LogP contribution in [0.2, 0.25) is 0 Å². The molecule has 3 heteroatoms. The highest BCUT2D eigenvalue weighted by Crippen LogP contribution is 2.30. The Bertz CT molecular complexity index is 312. The van der Waals surface area contributed by atoms with Crippen molar-refractivity contribution < 1.29 is 0 Å². The van der Waals surface area contributed by atoms with Crippen LogP contribution < -0.4 is 0 Å². The molecule has 0 nitrogen and oxygen atoms in total. The van der Waals surface area contributed by atoms with E-state index in [1.165, 1.54) is 5.56 Å². The molecule has 1 rings (SSSR count). The van der Waals surface area contributed by atoms with Gasteiger partial charge < -0.3 is 0 Å². The molecule has 0 amide bonds. The first-order chi connectivity index (χ1) is 6.15. The van der Waals surface area contributed by atoms with Gasteiger partial charge >= 0.3 is 0 Å². The molecule has 0 N–H and O–H groups in total. The fraction of sp³-hybridized carbons (Fsp3) is 0.200. The van der Waals surface area contributed by atoms with E-state index < -0.39 is 0 Å². The fourth-order valence-electron chi connectivity index (χ4n) is 0.996. The minimum Gasteiger partial charge on any atom is -0.0819 e. The molecular weight excluding hydrogens is 362 g/mol. The Morgan fingerprint density at radius 3 is 2.31 bits per heavy atom. The van der Waals surface area contributed by atoms with Crippen molar-refractivity contribution in [2.75, 3.05) is 0 Å². The second kappa shape index (κ2) is 5.37. The molecule has 0 saturated heterocycles. The van der Waals surface area contributed by atoms with Gasteiger partial charge in [-0.05, 0) is 56.1 Å². The number of halogens is 3. The average molecular weight is 371 g/mol. The monoisotopic (exact) mass is 370 g/mol. The Morgan fingerprint density at radius 2 is 1.92 bits per heavy atom. The van der Waals surface area contributed by atoms with Gasteiger partial charge in [-0.15, -0.1) is 0 Å². The van der Waals surface area contributed by atoms with Crippen LogP contribution in [0.5, 0.6) is 0 Å². The smallest absolute Gasteiger partial charge is 0.0751 e. The fourth-order valence-corrected chi connectivity index (χ4v) is 1.66. The summed E-state index contributed by atoms with van der Waals surface area (Å²) in [6.07, 6.45) is 1.06. The summed E-state index contributed by atoms with van der Waals surface area (Å²) in [5.41, 5.74) is 2.39. The Hall–Kier alpha value is 0.460. The predicted octanol–water partition coefficient (Wildman–Crippen LogP) is 4.94. The topological polar surface area (TPSA) is 0 Å². The molecule has 1 aromatic carbocycles. The summed E-state index contributed by atoms with van der Waals surface area (Å²) in [6, 6.07) is 8.29. The standard InChI is InChI=1S/C10H9BrClI/c1-2-7-3-5-8(6-4-7)9(12)10(11)13/h3-6H,2H2,1H3. The van der Waals surface area contributed by atoms with Crippen molar-refractivity contribution in [3.05, 3.63) is 37.9 Å². The molecule has 0 saturated carbocycles. The van der Waals surface area contributed by atoms with Gasteiger partial charge in [-0.1, -0.05) is 42.8 Å². The second-order valence-electron chi connectivity index (χ2n) is 2.62. The van der Waals surface area contributed by atoms with Gasteiger partial charge in [0.25, 0.3) is 0 Å². The quantitative estimate of drug-likeness (QED) is 0.646. The summed E-state index contributed by atoms with van der Waals surface area (Å²) in [5, 5.41) is 0.767. The Balaban J connectivity index is 2.99. The third kappa shape index (κ3) is 3.26. The highest BCUT2D eigenvalue weighted by molar-refractivity contribution is 14.1. The molecule has 0 radical (unpaired) electrons. The summed E-state index contributed by atoms with van der Waals surface area (Å²) in [4.78, 5) is 0. The maximum absolute atomic E-state index is 6.06. The largest absolute Gasteiger partial charge is 0.0819 e. The van der Waals surface area contributed by atoms with E-state index in [1.54, 1.807) is 0 Å². The number of hydrogen-bond acceptors (Lipinski definition) is 0. The van der Waals surface area contributed by atoms with Crippen molar-refractivity contribution >= 4 is 55.2 Å². The Labute approximate surface area is 106 Å². The molecule has 70 valence electrons. The van der Waals surface area contributed by atoms with Gasteiger partial charge in [0.1, 0.15) is 0 Å². The molecule has 0 fully saturated rings. The highest BCUT2D eigenvalue weighted by Gasteiger charge is 2.01. The molecule has 0 bridgehead atoms.